The molecule has 0 aliphatic heterocycles. The van der Waals surface area contributed by atoms with E-state index in [1.54, 1.807) is 0 Å². The molecule has 0 aliphatic carbocycles. The lowest BCUT2D eigenvalue weighted by Crippen LogP contribution is -2.29. The van der Waals surface area contributed by atoms with Gasteiger partial charge in [-0.3, -0.25) is 0 Å². The molecule has 108 valence electrons. The van der Waals surface area contributed by atoms with Crippen LogP contribution in [0.4, 0.5) is 4.39 Å². The van der Waals surface area contributed by atoms with E-state index in [0.717, 1.165) is 13.1 Å². The summed E-state index contributed by atoms with van der Waals surface area (Å²) in [5.41, 5.74) is 0. The molecule has 1 atom stereocenters. The molecule has 0 aliphatic rings. The van der Waals surface area contributed by atoms with Crippen LogP contribution >= 0.6 is 27.5 Å². The molecule has 0 saturated heterocycles. The molecule has 5 heteroatoms. The highest BCUT2D eigenvalue weighted by Crippen LogP contribution is 2.31. The Balaban J connectivity index is 2.40. The Morgan fingerprint density at radius 1 is 1.42 bits per heavy atom. The van der Waals surface area contributed by atoms with E-state index in [1.807, 2.05) is 6.92 Å². The number of halogens is 3. The number of rotatable bonds is 8. The van der Waals surface area contributed by atoms with Gasteiger partial charge in [-0.15, -0.1) is 0 Å². The summed E-state index contributed by atoms with van der Waals surface area (Å²) in [5, 5.41) is 3.41. The predicted octanol–water partition coefficient (Wildman–Crippen LogP) is 4.79. The fourth-order valence-corrected chi connectivity index (χ4v) is 2.39. The molecule has 2 nitrogen and oxygen atoms in total. The lowest BCUT2D eigenvalue weighted by atomic mass is 10.2. The van der Waals surface area contributed by atoms with Gasteiger partial charge in [0, 0.05) is 12.6 Å². The van der Waals surface area contributed by atoms with Crippen molar-refractivity contribution in [2.24, 2.45) is 0 Å². The molecule has 1 N–H and O–H groups in total. The van der Waals surface area contributed by atoms with Crippen LogP contribution in [-0.2, 0) is 0 Å². The number of hydrogen-bond acceptors (Lipinski definition) is 2. The third-order valence-corrected chi connectivity index (χ3v) is 3.60. The van der Waals surface area contributed by atoms with Gasteiger partial charge in [0.15, 0.2) is 0 Å². The topological polar surface area (TPSA) is 21.3 Å². The van der Waals surface area contributed by atoms with Crippen molar-refractivity contribution in [3.8, 4) is 5.75 Å². The van der Waals surface area contributed by atoms with Gasteiger partial charge in [0.2, 0.25) is 0 Å². The molecule has 0 spiro atoms. The minimum Gasteiger partial charge on any atom is -0.488 e. The third-order valence-electron chi connectivity index (χ3n) is 2.69. The molecule has 19 heavy (non-hydrogen) atoms. The number of benzene rings is 1. The van der Waals surface area contributed by atoms with Crippen LogP contribution in [0.15, 0.2) is 16.6 Å². The fraction of sp³-hybridized carbons (Fsp3) is 0.571. The van der Waals surface area contributed by atoms with Crippen LogP contribution in [0.25, 0.3) is 0 Å². The van der Waals surface area contributed by atoms with E-state index in [-0.39, 0.29) is 11.1 Å². The predicted molar refractivity (Wildman–Crippen MR) is 81.6 cm³/mol. The van der Waals surface area contributed by atoms with Gasteiger partial charge in [0.1, 0.15) is 17.7 Å². The number of ether oxygens (including phenoxy) is 1. The lowest BCUT2D eigenvalue weighted by Gasteiger charge is -2.17. The molecule has 0 fully saturated rings. The van der Waals surface area contributed by atoms with E-state index in [0.29, 0.717) is 10.2 Å². The summed E-state index contributed by atoms with van der Waals surface area (Å²) in [6.07, 6.45) is 3.59. The second-order valence-corrected chi connectivity index (χ2v) is 5.80. The molecule has 1 aromatic carbocycles. The van der Waals surface area contributed by atoms with Crippen LogP contribution in [0.2, 0.25) is 5.02 Å². The third kappa shape index (κ3) is 6.11. The molecule has 1 rings (SSSR count). The molecular formula is C14H20BrClFNO. The van der Waals surface area contributed by atoms with Gasteiger partial charge in [0.25, 0.3) is 0 Å². The molecule has 0 heterocycles. The minimum absolute atomic E-state index is 0.0292. The molecule has 0 amide bonds. The molecule has 0 aromatic heterocycles. The zero-order valence-electron chi connectivity index (χ0n) is 11.3. The van der Waals surface area contributed by atoms with E-state index in [2.05, 4.69) is 28.2 Å². The lowest BCUT2D eigenvalue weighted by molar-refractivity contribution is 0.215. The van der Waals surface area contributed by atoms with Crippen molar-refractivity contribution in [2.45, 2.75) is 39.2 Å². The number of hydrogen-bond donors (Lipinski definition) is 1. The van der Waals surface area contributed by atoms with Gasteiger partial charge in [-0.05, 0) is 41.9 Å². The standard InChI is InChI=1S/C14H20BrClFNO/c1-3-4-5-6-18-9-10(2)19-14-8-13(17)12(16)7-11(14)15/h7-8,10,18H,3-6,9H2,1-2H3. The van der Waals surface area contributed by atoms with Crippen molar-refractivity contribution in [1.82, 2.24) is 5.32 Å². The van der Waals surface area contributed by atoms with E-state index in [9.17, 15) is 4.39 Å². The molecule has 0 bridgehead atoms. The zero-order valence-corrected chi connectivity index (χ0v) is 13.7. The Labute approximate surface area is 127 Å². The van der Waals surface area contributed by atoms with Crippen LogP contribution in [-0.4, -0.2) is 19.2 Å². The average Bonchev–Trinajstić information content (AvgIpc) is 2.35. The van der Waals surface area contributed by atoms with Gasteiger partial charge in [0.05, 0.1) is 9.50 Å². The normalized spacial score (nSPS) is 12.5. The maximum atomic E-state index is 13.4. The summed E-state index contributed by atoms with van der Waals surface area (Å²) in [4.78, 5) is 0. The van der Waals surface area contributed by atoms with Crippen LogP contribution in [0.1, 0.15) is 33.1 Å². The summed E-state index contributed by atoms with van der Waals surface area (Å²) in [7, 11) is 0. The molecule has 0 saturated carbocycles. The second-order valence-electron chi connectivity index (χ2n) is 4.54. The van der Waals surface area contributed by atoms with Gasteiger partial charge >= 0.3 is 0 Å². The molecule has 1 aromatic rings. The Kier molecular flexibility index (Phi) is 7.73. The summed E-state index contributed by atoms with van der Waals surface area (Å²) in [6, 6.07) is 2.81. The van der Waals surface area contributed by atoms with E-state index >= 15 is 0 Å². The van der Waals surface area contributed by atoms with Crippen LogP contribution in [0.3, 0.4) is 0 Å². The Morgan fingerprint density at radius 3 is 2.84 bits per heavy atom. The summed E-state index contributed by atoms with van der Waals surface area (Å²) < 4.78 is 19.7. The highest BCUT2D eigenvalue weighted by molar-refractivity contribution is 9.10. The SMILES string of the molecule is CCCCCNCC(C)Oc1cc(F)c(Cl)cc1Br. The quantitative estimate of drug-likeness (QED) is 0.536. The van der Waals surface area contributed by atoms with Gasteiger partial charge in [-0.25, -0.2) is 4.39 Å². The van der Waals surface area contributed by atoms with Crippen LogP contribution < -0.4 is 10.1 Å². The highest BCUT2D eigenvalue weighted by atomic mass is 79.9. The zero-order chi connectivity index (χ0) is 14.3. The van der Waals surface area contributed by atoms with Crippen molar-refractivity contribution < 1.29 is 9.13 Å². The largest absolute Gasteiger partial charge is 0.488 e. The van der Waals surface area contributed by atoms with E-state index in [4.69, 9.17) is 16.3 Å². The smallest absolute Gasteiger partial charge is 0.145 e. The molecule has 0 radical (unpaired) electrons. The first-order valence-corrected chi connectivity index (χ1v) is 7.73. The van der Waals surface area contributed by atoms with Crippen molar-refractivity contribution in [3.63, 3.8) is 0 Å². The fourth-order valence-electron chi connectivity index (χ4n) is 1.66. The van der Waals surface area contributed by atoms with Crippen molar-refractivity contribution in [2.75, 3.05) is 13.1 Å². The van der Waals surface area contributed by atoms with Crippen molar-refractivity contribution in [1.29, 1.82) is 0 Å². The Hall–Kier alpha value is -0.320. The second kappa shape index (κ2) is 8.77. The molecular weight excluding hydrogens is 333 g/mol. The highest BCUT2D eigenvalue weighted by Gasteiger charge is 2.11. The summed E-state index contributed by atoms with van der Waals surface area (Å²) in [5.74, 6) is 0.00716. The van der Waals surface area contributed by atoms with Crippen molar-refractivity contribution >= 4 is 27.5 Å². The van der Waals surface area contributed by atoms with Crippen LogP contribution in [0.5, 0.6) is 5.75 Å². The maximum absolute atomic E-state index is 13.4. The van der Waals surface area contributed by atoms with Crippen molar-refractivity contribution in [3.05, 3.63) is 27.4 Å². The summed E-state index contributed by atoms with van der Waals surface area (Å²) in [6.45, 7) is 5.85. The summed E-state index contributed by atoms with van der Waals surface area (Å²) >= 11 is 9.00. The minimum atomic E-state index is -0.469. The van der Waals surface area contributed by atoms with E-state index < -0.39 is 5.82 Å². The Morgan fingerprint density at radius 2 is 2.16 bits per heavy atom. The first kappa shape index (κ1) is 16.7. The number of nitrogens with one attached hydrogen (secondary N) is 1. The van der Waals surface area contributed by atoms with Gasteiger partial charge < -0.3 is 10.1 Å². The van der Waals surface area contributed by atoms with Gasteiger partial charge in [-0.1, -0.05) is 31.4 Å². The monoisotopic (exact) mass is 351 g/mol. The first-order valence-electron chi connectivity index (χ1n) is 6.56. The van der Waals surface area contributed by atoms with Crippen LogP contribution in [0, 0.1) is 5.82 Å². The average molecular weight is 353 g/mol. The molecule has 1 unspecified atom stereocenters. The Bertz CT molecular complexity index is 403. The van der Waals surface area contributed by atoms with E-state index in [1.165, 1.54) is 31.4 Å². The number of unbranched alkanes of at least 4 members (excludes halogenated alkanes) is 2. The first-order chi connectivity index (χ1) is 9.04. The van der Waals surface area contributed by atoms with Gasteiger partial charge in [-0.2, -0.15) is 0 Å². The maximum Gasteiger partial charge on any atom is 0.145 e.